The lowest BCUT2D eigenvalue weighted by Crippen LogP contribution is -2.33. The Labute approximate surface area is 165 Å². The Morgan fingerprint density at radius 2 is 1.93 bits per heavy atom. The lowest BCUT2D eigenvalue weighted by atomic mass is 10.00. The van der Waals surface area contributed by atoms with Crippen molar-refractivity contribution in [2.24, 2.45) is 0 Å². The second-order valence-electron chi connectivity index (χ2n) is 6.85. The third-order valence-corrected chi connectivity index (χ3v) is 4.52. The van der Waals surface area contributed by atoms with Gasteiger partial charge in [-0.25, -0.2) is 13.2 Å². The molecule has 158 valence electrons. The Balaban J connectivity index is 2.44. The number of likely N-dealkylation sites (N-methyl/N-ethyl adjacent to an activating group) is 1. The highest BCUT2D eigenvalue weighted by Gasteiger charge is 2.30. The summed E-state index contributed by atoms with van der Waals surface area (Å²) in [5.41, 5.74) is -0.502. The van der Waals surface area contributed by atoms with E-state index in [1.54, 1.807) is 18.9 Å². The molecule has 0 N–H and O–H groups in total. The zero-order chi connectivity index (χ0) is 21.8. The number of alkyl halides is 4. The Hall–Kier alpha value is -2.55. The number of aromatic nitrogens is 1. The van der Waals surface area contributed by atoms with Gasteiger partial charge in [0.1, 0.15) is 18.1 Å². The van der Waals surface area contributed by atoms with E-state index in [4.69, 9.17) is 4.74 Å². The van der Waals surface area contributed by atoms with Crippen LogP contribution in [0.3, 0.4) is 0 Å². The number of halogens is 5. The SMILES string of the molecule is CC(COC=O)N(C)Cc1cc(-c2ccc(F)c(C(F)F)c2)cnc1C(C)(F)F. The molecule has 1 atom stereocenters. The van der Waals surface area contributed by atoms with Crippen LogP contribution in [0.2, 0.25) is 0 Å². The van der Waals surface area contributed by atoms with Gasteiger partial charge in [-0.15, -0.1) is 0 Å². The van der Waals surface area contributed by atoms with Gasteiger partial charge >= 0.3 is 0 Å². The summed E-state index contributed by atoms with van der Waals surface area (Å²) in [5, 5.41) is 0. The number of carbonyl (C=O) groups is 1. The zero-order valence-electron chi connectivity index (χ0n) is 16.1. The standard InChI is InChI=1S/C20H21F5N2O2/c1-12(10-29-11-28)27(3)9-15-6-14(8-26-18(15)20(2,24)25)13-4-5-17(21)16(7-13)19(22)23/h4-8,11-12,19H,9-10H2,1-3H3. The number of pyridine rings is 1. The summed E-state index contributed by atoms with van der Waals surface area (Å²) in [6.07, 6.45) is -1.86. The molecule has 9 heteroatoms. The van der Waals surface area contributed by atoms with Gasteiger partial charge in [0.25, 0.3) is 18.8 Å². The van der Waals surface area contributed by atoms with E-state index in [-0.39, 0.29) is 30.3 Å². The normalized spacial score (nSPS) is 13.0. The first kappa shape index (κ1) is 22.7. The van der Waals surface area contributed by atoms with E-state index in [2.05, 4.69) is 4.98 Å². The second-order valence-corrected chi connectivity index (χ2v) is 6.85. The maximum absolute atomic E-state index is 14.0. The third kappa shape index (κ3) is 5.72. The topological polar surface area (TPSA) is 42.4 Å². The van der Waals surface area contributed by atoms with Crippen LogP contribution in [0, 0.1) is 5.82 Å². The highest BCUT2D eigenvalue weighted by Crippen LogP contribution is 2.33. The number of ether oxygens (including phenoxy) is 1. The van der Waals surface area contributed by atoms with Gasteiger partial charge in [0, 0.05) is 31.3 Å². The van der Waals surface area contributed by atoms with Gasteiger partial charge < -0.3 is 4.74 Å². The van der Waals surface area contributed by atoms with Gasteiger partial charge in [0.15, 0.2) is 0 Å². The molecule has 2 rings (SSSR count). The van der Waals surface area contributed by atoms with Crippen LogP contribution in [0.1, 0.15) is 37.1 Å². The average Bonchev–Trinajstić information content (AvgIpc) is 2.65. The van der Waals surface area contributed by atoms with Gasteiger partial charge in [-0.05, 0) is 43.3 Å². The Morgan fingerprint density at radius 1 is 1.24 bits per heavy atom. The number of hydrogen-bond donors (Lipinski definition) is 0. The molecule has 0 aliphatic carbocycles. The monoisotopic (exact) mass is 416 g/mol. The zero-order valence-corrected chi connectivity index (χ0v) is 16.1. The first-order chi connectivity index (χ1) is 13.5. The Morgan fingerprint density at radius 3 is 2.52 bits per heavy atom. The predicted molar refractivity (Wildman–Crippen MR) is 97.1 cm³/mol. The fraction of sp³-hybridized carbons (Fsp3) is 0.400. The van der Waals surface area contributed by atoms with Crippen LogP contribution in [-0.4, -0.2) is 36.1 Å². The molecule has 0 saturated heterocycles. The summed E-state index contributed by atoms with van der Waals surface area (Å²) in [7, 11) is 1.66. The quantitative estimate of drug-likeness (QED) is 0.429. The molecular weight excluding hydrogens is 395 g/mol. The van der Waals surface area contributed by atoms with E-state index >= 15 is 0 Å². The third-order valence-electron chi connectivity index (χ3n) is 4.52. The van der Waals surface area contributed by atoms with Crippen molar-refractivity contribution >= 4 is 6.47 Å². The van der Waals surface area contributed by atoms with Crippen LogP contribution >= 0.6 is 0 Å². The summed E-state index contributed by atoms with van der Waals surface area (Å²) in [6.45, 7) is 2.88. The fourth-order valence-electron chi connectivity index (χ4n) is 2.80. The maximum Gasteiger partial charge on any atom is 0.293 e. The smallest absolute Gasteiger partial charge is 0.293 e. The molecule has 29 heavy (non-hydrogen) atoms. The lowest BCUT2D eigenvalue weighted by Gasteiger charge is -2.26. The number of carbonyl (C=O) groups excluding carboxylic acids is 1. The van der Waals surface area contributed by atoms with Gasteiger partial charge in [0.2, 0.25) is 0 Å². The highest BCUT2D eigenvalue weighted by atomic mass is 19.3. The molecule has 0 aliphatic rings. The van der Waals surface area contributed by atoms with Crippen molar-refractivity contribution < 1.29 is 31.5 Å². The minimum Gasteiger partial charge on any atom is -0.466 e. The van der Waals surface area contributed by atoms with E-state index in [1.807, 2.05) is 0 Å². The molecule has 4 nitrogen and oxygen atoms in total. The molecule has 0 fully saturated rings. The number of nitrogens with zero attached hydrogens (tertiary/aromatic N) is 2. The lowest BCUT2D eigenvalue weighted by molar-refractivity contribution is -0.130. The summed E-state index contributed by atoms with van der Waals surface area (Å²) in [6, 6.07) is 4.33. The van der Waals surface area contributed by atoms with E-state index in [0.29, 0.717) is 19.0 Å². The summed E-state index contributed by atoms with van der Waals surface area (Å²) >= 11 is 0. The van der Waals surface area contributed by atoms with Crippen molar-refractivity contribution in [1.82, 2.24) is 9.88 Å². The van der Waals surface area contributed by atoms with Crippen molar-refractivity contribution in [2.75, 3.05) is 13.7 Å². The van der Waals surface area contributed by atoms with E-state index < -0.39 is 29.4 Å². The molecular formula is C20H21F5N2O2. The van der Waals surface area contributed by atoms with Crippen LogP contribution in [-0.2, 0) is 22.0 Å². The van der Waals surface area contributed by atoms with Gasteiger partial charge in [-0.3, -0.25) is 14.7 Å². The number of benzene rings is 1. The summed E-state index contributed by atoms with van der Waals surface area (Å²) in [4.78, 5) is 15.9. The average molecular weight is 416 g/mol. The summed E-state index contributed by atoms with van der Waals surface area (Å²) in [5.74, 6) is -4.27. The van der Waals surface area contributed by atoms with Crippen molar-refractivity contribution in [3.63, 3.8) is 0 Å². The number of rotatable bonds is 9. The molecule has 0 bridgehead atoms. The Kier molecular flexibility index (Phi) is 7.29. The van der Waals surface area contributed by atoms with Gasteiger partial charge in [-0.1, -0.05) is 6.07 Å². The molecule has 1 aromatic carbocycles. The molecule has 1 heterocycles. The van der Waals surface area contributed by atoms with Crippen molar-refractivity contribution in [3.05, 3.63) is 53.1 Å². The van der Waals surface area contributed by atoms with Crippen LogP contribution in [0.25, 0.3) is 11.1 Å². The van der Waals surface area contributed by atoms with Crippen LogP contribution < -0.4 is 0 Å². The van der Waals surface area contributed by atoms with Crippen LogP contribution in [0.4, 0.5) is 22.0 Å². The minimum absolute atomic E-state index is 0.0475. The molecule has 1 aromatic heterocycles. The summed E-state index contributed by atoms with van der Waals surface area (Å²) < 4.78 is 72.3. The number of hydrogen-bond acceptors (Lipinski definition) is 4. The van der Waals surface area contributed by atoms with Crippen LogP contribution in [0.15, 0.2) is 30.5 Å². The van der Waals surface area contributed by atoms with E-state index in [1.165, 1.54) is 12.1 Å². The van der Waals surface area contributed by atoms with Crippen molar-refractivity contribution in [3.8, 4) is 11.1 Å². The first-order valence-corrected chi connectivity index (χ1v) is 8.75. The maximum atomic E-state index is 14.0. The fourth-order valence-corrected chi connectivity index (χ4v) is 2.80. The van der Waals surface area contributed by atoms with E-state index in [9.17, 15) is 26.7 Å². The van der Waals surface area contributed by atoms with Gasteiger partial charge in [0.05, 0.1) is 5.56 Å². The largest absolute Gasteiger partial charge is 0.466 e. The molecule has 1 unspecified atom stereocenters. The van der Waals surface area contributed by atoms with E-state index in [0.717, 1.165) is 18.3 Å². The predicted octanol–water partition coefficient (Wildman–Crippen LogP) is 4.93. The molecule has 0 radical (unpaired) electrons. The first-order valence-electron chi connectivity index (χ1n) is 8.75. The van der Waals surface area contributed by atoms with Crippen molar-refractivity contribution in [1.29, 1.82) is 0 Å². The second kappa shape index (κ2) is 9.30. The Bertz CT molecular complexity index is 855. The van der Waals surface area contributed by atoms with Gasteiger partial charge in [-0.2, -0.15) is 8.78 Å². The molecule has 0 amide bonds. The molecule has 0 aliphatic heterocycles. The molecule has 0 saturated carbocycles. The van der Waals surface area contributed by atoms with Crippen LogP contribution in [0.5, 0.6) is 0 Å². The molecule has 2 aromatic rings. The van der Waals surface area contributed by atoms with Crippen molar-refractivity contribution in [2.45, 2.75) is 38.8 Å². The highest BCUT2D eigenvalue weighted by molar-refractivity contribution is 5.64. The minimum atomic E-state index is -3.23. The molecule has 0 spiro atoms.